The van der Waals surface area contributed by atoms with Crippen LogP contribution in [0.15, 0.2) is 18.2 Å². The normalized spacial score (nSPS) is 12.6. The van der Waals surface area contributed by atoms with Crippen molar-refractivity contribution >= 4 is 28.9 Å². The molecular formula is C15H14ClF3N4O4. The van der Waals surface area contributed by atoms with Crippen molar-refractivity contribution in [1.29, 1.82) is 0 Å². The van der Waals surface area contributed by atoms with Crippen LogP contribution >= 0.6 is 11.6 Å². The molecule has 0 spiro atoms. The second kappa shape index (κ2) is 7.43. The molecule has 1 unspecified atom stereocenters. The third-order valence-corrected chi connectivity index (χ3v) is 4.20. The summed E-state index contributed by atoms with van der Waals surface area (Å²) in [6, 6.07) is 2.55. The summed E-state index contributed by atoms with van der Waals surface area (Å²) < 4.78 is 44.5. The average molecular weight is 407 g/mol. The molecule has 0 aliphatic rings. The van der Waals surface area contributed by atoms with Crippen molar-refractivity contribution in [1.82, 2.24) is 9.78 Å². The fourth-order valence-corrected chi connectivity index (χ4v) is 2.53. The van der Waals surface area contributed by atoms with E-state index in [0.717, 1.165) is 10.7 Å². The van der Waals surface area contributed by atoms with Gasteiger partial charge in [-0.1, -0.05) is 11.6 Å². The summed E-state index contributed by atoms with van der Waals surface area (Å²) in [5.74, 6) is -0.600. The summed E-state index contributed by atoms with van der Waals surface area (Å²) >= 11 is 5.67. The van der Waals surface area contributed by atoms with Gasteiger partial charge in [-0.2, -0.15) is 18.3 Å². The van der Waals surface area contributed by atoms with Crippen molar-refractivity contribution in [3.05, 3.63) is 44.7 Å². The van der Waals surface area contributed by atoms with E-state index in [1.165, 1.54) is 33.1 Å². The number of nitro groups is 1. The van der Waals surface area contributed by atoms with E-state index in [4.69, 9.17) is 16.3 Å². The minimum absolute atomic E-state index is 0.0594. The van der Waals surface area contributed by atoms with Gasteiger partial charge in [-0.15, -0.1) is 0 Å². The van der Waals surface area contributed by atoms with Gasteiger partial charge < -0.3 is 10.1 Å². The molecule has 1 N–H and O–H groups in total. The van der Waals surface area contributed by atoms with Crippen LogP contribution in [-0.2, 0) is 11.0 Å². The zero-order chi connectivity index (χ0) is 20.5. The Hall–Kier alpha value is -2.82. The Balaban J connectivity index is 2.34. The molecule has 2 rings (SSSR count). The lowest BCUT2D eigenvalue weighted by molar-refractivity contribution is -0.384. The number of nitrogens with one attached hydrogen (secondary N) is 1. The molecule has 0 radical (unpaired) electrons. The number of benzene rings is 1. The summed E-state index contributed by atoms with van der Waals surface area (Å²) in [6.07, 6.45) is -4.78. The Morgan fingerprint density at radius 1 is 1.44 bits per heavy atom. The summed E-state index contributed by atoms with van der Waals surface area (Å²) in [6.45, 7) is 2.57. The number of methoxy groups -OCH3 is 1. The molecule has 2 aromatic rings. The van der Waals surface area contributed by atoms with E-state index < -0.39 is 39.5 Å². The minimum atomic E-state index is -4.78. The first-order chi connectivity index (χ1) is 12.5. The Kier molecular flexibility index (Phi) is 5.64. The number of hydrogen-bond acceptors (Lipinski definition) is 5. The molecule has 12 heteroatoms. The van der Waals surface area contributed by atoms with Crippen molar-refractivity contribution in [3.8, 4) is 5.75 Å². The zero-order valence-corrected chi connectivity index (χ0v) is 15.1. The first kappa shape index (κ1) is 20.5. The monoisotopic (exact) mass is 406 g/mol. The molecule has 8 nitrogen and oxygen atoms in total. The van der Waals surface area contributed by atoms with Gasteiger partial charge >= 0.3 is 6.18 Å². The van der Waals surface area contributed by atoms with E-state index in [1.807, 2.05) is 0 Å². The maximum absolute atomic E-state index is 12.9. The number of anilines is 1. The van der Waals surface area contributed by atoms with Gasteiger partial charge in [0.2, 0.25) is 5.91 Å². The van der Waals surface area contributed by atoms with Crippen LogP contribution in [0, 0.1) is 17.0 Å². The summed E-state index contributed by atoms with van der Waals surface area (Å²) in [7, 11) is 1.32. The number of nitrogens with zero attached hydrogens (tertiary/aromatic N) is 3. The van der Waals surface area contributed by atoms with E-state index in [-0.39, 0.29) is 17.1 Å². The molecule has 0 saturated heterocycles. The number of aromatic nitrogens is 2. The van der Waals surface area contributed by atoms with Crippen molar-refractivity contribution < 1.29 is 27.6 Å². The van der Waals surface area contributed by atoms with E-state index in [9.17, 15) is 28.1 Å². The van der Waals surface area contributed by atoms with Crippen LogP contribution in [0.4, 0.5) is 24.5 Å². The van der Waals surface area contributed by atoms with Gasteiger partial charge in [0, 0.05) is 0 Å². The molecule has 0 aliphatic heterocycles. The molecule has 1 amide bonds. The Morgan fingerprint density at radius 2 is 2.07 bits per heavy atom. The molecule has 27 heavy (non-hydrogen) atoms. The summed E-state index contributed by atoms with van der Waals surface area (Å²) in [5.41, 5.74) is -1.93. The van der Waals surface area contributed by atoms with Gasteiger partial charge in [-0.3, -0.25) is 19.6 Å². The highest BCUT2D eigenvalue weighted by Crippen LogP contribution is 2.36. The standard InChI is InChI=1S/C15H14ClF3N4O4/c1-7-12(16)13(15(17,18)19)21-22(7)8(2)14(24)20-10-5-4-9(27-3)6-11(10)23(25)26/h4-6,8H,1-3H3,(H,20,24). The molecule has 0 aliphatic carbocycles. The lowest BCUT2D eigenvalue weighted by Crippen LogP contribution is -2.26. The first-order valence-electron chi connectivity index (χ1n) is 7.42. The predicted octanol–water partition coefficient (Wildman–Crippen LogP) is 3.98. The van der Waals surface area contributed by atoms with Crippen LogP contribution in [0.5, 0.6) is 5.75 Å². The number of rotatable bonds is 5. The molecule has 1 atom stereocenters. The third kappa shape index (κ3) is 4.13. The quantitative estimate of drug-likeness (QED) is 0.598. The Labute approximate surface area is 156 Å². The van der Waals surface area contributed by atoms with Gasteiger partial charge in [0.15, 0.2) is 5.69 Å². The fraction of sp³-hybridized carbons (Fsp3) is 0.333. The molecule has 0 saturated carbocycles. The van der Waals surface area contributed by atoms with Crippen molar-refractivity contribution in [2.75, 3.05) is 12.4 Å². The van der Waals surface area contributed by atoms with E-state index in [1.54, 1.807) is 0 Å². The number of ether oxygens (including phenoxy) is 1. The molecule has 1 aromatic carbocycles. The van der Waals surface area contributed by atoms with Crippen molar-refractivity contribution in [2.45, 2.75) is 26.1 Å². The topological polar surface area (TPSA) is 99.3 Å². The maximum atomic E-state index is 12.9. The van der Waals surface area contributed by atoms with Crippen LogP contribution in [0.2, 0.25) is 5.02 Å². The summed E-state index contributed by atoms with van der Waals surface area (Å²) in [5, 5.41) is 16.2. The minimum Gasteiger partial charge on any atom is -0.496 e. The predicted molar refractivity (Wildman–Crippen MR) is 90.0 cm³/mol. The van der Waals surface area contributed by atoms with Crippen molar-refractivity contribution in [2.24, 2.45) is 0 Å². The van der Waals surface area contributed by atoms with Crippen LogP contribution in [0.1, 0.15) is 24.4 Å². The molecule has 146 valence electrons. The van der Waals surface area contributed by atoms with Gasteiger partial charge in [-0.25, -0.2) is 0 Å². The first-order valence-corrected chi connectivity index (χ1v) is 7.80. The van der Waals surface area contributed by atoms with Gasteiger partial charge in [-0.05, 0) is 26.0 Å². The number of alkyl halides is 3. The van der Waals surface area contributed by atoms with Crippen LogP contribution in [0.25, 0.3) is 0 Å². The van der Waals surface area contributed by atoms with Crippen molar-refractivity contribution in [3.63, 3.8) is 0 Å². The second-order valence-electron chi connectivity index (χ2n) is 5.50. The SMILES string of the molecule is COc1ccc(NC(=O)C(C)n2nc(C(F)(F)F)c(Cl)c2C)c([N+](=O)[O-])c1. The smallest absolute Gasteiger partial charge is 0.436 e. The Bertz CT molecular complexity index is 898. The summed E-state index contributed by atoms with van der Waals surface area (Å²) in [4.78, 5) is 22.9. The number of halogens is 4. The van der Waals surface area contributed by atoms with E-state index >= 15 is 0 Å². The number of nitro benzene ring substituents is 1. The largest absolute Gasteiger partial charge is 0.496 e. The number of carbonyl (C=O) groups is 1. The van der Waals surface area contributed by atoms with Crippen LogP contribution in [0.3, 0.4) is 0 Å². The molecule has 1 aromatic heterocycles. The van der Waals surface area contributed by atoms with E-state index in [2.05, 4.69) is 10.4 Å². The third-order valence-electron chi connectivity index (χ3n) is 3.75. The second-order valence-corrected chi connectivity index (χ2v) is 5.87. The van der Waals surface area contributed by atoms with Gasteiger partial charge in [0.25, 0.3) is 5.69 Å². The van der Waals surface area contributed by atoms with Crippen LogP contribution in [-0.4, -0.2) is 27.7 Å². The van der Waals surface area contributed by atoms with Gasteiger partial charge in [0.1, 0.15) is 17.5 Å². The average Bonchev–Trinajstić information content (AvgIpc) is 2.89. The molecule has 0 fully saturated rings. The highest BCUT2D eigenvalue weighted by Gasteiger charge is 2.39. The highest BCUT2D eigenvalue weighted by atomic mass is 35.5. The maximum Gasteiger partial charge on any atom is 0.436 e. The molecule has 0 bridgehead atoms. The number of amides is 1. The number of hydrogen-bond donors (Lipinski definition) is 1. The van der Waals surface area contributed by atoms with Gasteiger partial charge in [0.05, 0.1) is 28.8 Å². The lowest BCUT2D eigenvalue weighted by atomic mass is 10.2. The number of carbonyl (C=O) groups excluding carboxylic acids is 1. The lowest BCUT2D eigenvalue weighted by Gasteiger charge is -2.15. The fourth-order valence-electron chi connectivity index (χ4n) is 2.30. The molecular weight excluding hydrogens is 393 g/mol. The van der Waals surface area contributed by atoms with Crippen LogP contribution < -0.4 is 10.1 Å². The zero-order valence-electron chi connectivity index (χ0n) is 14.3. The Morgan fingerprint density at radius 3 is 2.56 bits per heavy atom. The van der Waals surface area contributed by atoms with E-state index in [0.29, 0.717) is 0 Å². The molecule has 1 heterocycles. The highest BCUT2D eigenvalue weighted by molar-refractivity contribution is 6.32.